The zero-order valence-corrected chi connectivity index (χ0v) is 10.1. The van der Waals surface area contributed by atoms with E-state index in [1.165, 1.54) is 18.4 Å². The summed E-state index contributed by atoms with van der Waals surface area (Å²) in [6.45, 7) is 4.67. The van der Waals surface area contributed by atoms with Crippen LogP contribution in [0.1, 0.15) is 33.1 Å². The summed E-state index contributed by atoms with van der Waals surface area (Å²) < 4.78 is 0. The second-order valence-corrected chi connectivity index (χ2v) is 5.57. The number of hydrogen-bond acceptors (Lipinski definition) is 1. The van der Waals surface area contributed by atoms with E-state index in [0.29, 0.717) is 5.92 Å². The maximum absolute atomic E-state index is 5.95. The lowest BCUT2D eigenvalue weighted by molar-refractivity contribution is 0.540. The molecule has 0 heterocycles. The van der Waals surface area contributed by atoms with Gasteiger partial charge in [0.25, 0.3) is 0 Å². The molecule has 0 aliphatic heterocycles. The van der Waals surface area contributed by atoms with E-state index in [-0.39, 0.29) is 5.41 Å². The molecule has 0 aromatic heterocycles. The van der Waals surface area contributed by atoms with E-state index in [4.69, 9.17) is 5.73 Å². The van der Waals surface area contributed by atoms with Crippen LogP contribution in [0, 0.1) is 11.3 Å². The van der Waals surface area contributed by atoms with Crippen LogP contribution in [-0.2, 0) is 0 Å². The zero-order valence-electron chi connectivity index (χ0n) is 10.1. The Morgan fingerprint density at radius 1 is 1.19 bits per heavy atom. The molecular formula is C15H19N. The summed E-state index contributed by atoms with van der Waals surface area (Å²) in [7, 11) is 0. The Morgan fingerprint density at radius 3 is 2.75 bits per heavy atom. The predicted molar refractivity (Wildman–Crippen MR) is 67.6 cm³/mol. The van der Waals surface area contributed by atoms with Crippen molar-refractivity contribution >= 4 is 0 Å². The van der Waals surface area contributed by atoms with Crippen LogP contribution in [0.5, 0.6) is 0 Å². The maximum Gasteiger partial charge on any atom is 0.0273 e. The molecule has 1 saturated carbocycles. The minimum absolute atomic E-state index is 0.190. The minimum Gasteiger partial charge on any atom is -0.399 e. The lowest BCUT2D eigenvalue weighted by Gasteiger charge is -2.25. The standard InChI is InChI=1S/C15H19N/c1-15(2)13-6-4-3-5-11(13)12-8-7-10(16)9-14(12)15/h5-7,9,12H,3-4,8,16H2,1-2H3. The van der Waals surface area contributed by atoms with Crippen molar-refractivity contribution in [3.05, 3.63) is 46.7 Å². The van der Waals surface area contributed by atoms with Gasteiger partial charge in [0.05, 0.1) is 0 Å². The number of allylic oxidation sites excluding steroid dienone is 7. The van der Waals surface area contributed by atoms with Gasteiger partial charge in [-0.1, -0.05) is 37.6 Å². The van der Waals surface area contributed by atoms with E-state index in [1.54, 1.807) is 11.1 Å². The molecule has 3 aliphatic carbocycles. The van der Waals surface area contributed by atoms with Crippen molar-refractivity contribution in [2.24, 2.45) is 17.1 Å². The largest absolute Gasteiger partial charge is 0.399 e. The number of nitrogens with two attached hydrogens (primary N) is 1. The van der Waals surface area contributed by atoms with Gasteiger partial charge in [-0.3, -0.25) is 0 Å². The Bertz CT molecular complexity index is 458. The second kappa shape index (κ2) is 3.13. The Hall–Kier alpha value is -1.24. The van der Waals surface area contributed by atoms with Crippen LogP contribution in [0.2, 0.25) is 0 Å². The van der Waals surface area contributed by atoms with Gasteiger partial charge in [-0.25, -0.2) is 0 Å². The van der Waals surface area contributed by atoms with E-state index < -0.39 is 0 Å². The first-order valence-corrected chi connectivity index (χ1v) is 6.19. The van der Waals surface area contributed by atoms with Gasteiger partial charge in [-0.05, 0) is 36.5 Å². The molecule has 0 saturated heterocycles. The van der Waals surface area contributed by atoms with Gasteiger partial charge in [0.2, 0.25) is 0 Å². The van der Waals surface area contributed by atoms with Crippen molar-refractivity contribution in [2.45, 2.75) is 33.1 Å². The number of rotatable bonds is 0. The third-order valence-corrected chi connectivity index (χ3v) is 4.25. The van der Waals surface area contributed by atoms with Gasteiger partial charge >= 0.3 is 0 Å². The molecule has 3 rings (SSSR count). The first-order valence-electron chi connectivity index (χ1n) is 6.19. The Kier molecular flexibility index (Phi) is 1.95. The highest BCUT2D eigenvalue weighted by Gasteiger charge is 2.44. The molecule has 84 valence electrons. The van der Waals surface area contributed by atoms with Gasteiger partial charge < -0.3 is 5.73 Å². The molecule has 0 aromatic carbocycles. The first-order chi connectivity index (χ1) is 7.60. The molecule has 16 heavy (non-hydrogen) atoms. The van der Waals surface area contributed by atoms with E-state index in [1.807, 2.05) is 0 Å². The molecule has 3 aliphatic rings. The summed E-state index contributed by atoms with van der Waals surface area (Å²) in [6.07, 6.45) is 12.7. The van der Waals surface area contributed by atoms with Crippen molar-refractivity contribution in [2.75, 3.05) is 0 Å². The molecule has 0 spiro atoms. The zero-order chi connectivity index (χ0) is 11.3. The Balaban J connectivity index is 2.16. The smallest absolute Gasteiger partial charge is 0.0273 e. The van der Waals surface area contributed by atoms with Gasteiger partial charge in [0.1, 0.15) is 0 Å². The Morgan fingerprint density at radius 2 is 1.94 bits per heavy atom. The molecule has 1 nitrogen and oxygen atoms in total. The average Bonchev–Trinajstić information content (AvgIpc) is 2.49. The van der Waals surface area contributed by atoms with Crippen LogP contribution in [0.15, 0.2) is 46.7 Å². The van der Waals surface area contributed by atoms with Crippen LogP contribution in [0.4, 0.5) is 0 Å². The fourth-order valence-electron chi connectivity index (χ4n) is 3.43. The molecule has 0 bridgehead atoms. The van der Waals surface area contributed by atoms with Gasteiger partial charge in [0, 0.05) is 17.0 Å². The minimum atomic E-state index is 0.190. The SMILES string of the molecule is CC1(C)C2=CCCC=C2C2CC=C(N)C=C21. The van der Waals surface area contributed by atoms with E-state index in [9.17, 15) is 0 Å². The highest BCUT2D eigenvalue weighted by molar-refractivity contribution is 5.58. The fraction of sp³-hybridized carbons (Fsp3) is 0.467. The fourth-order valence-corrected chi connectivity index (χ4v) is 3.43. The highest BCUT2D eigenvalue weighted by atomic mass is 14.6. The molecule has 0 amide bonds. The number of hydrogen-bond donors (Lipinski definition) is 1. The lowest BCUT2D eigenvalue weighted by Crippen LogP contribution is -2.16. The van der Waals surface area contributed by atoms with Crippen LogP contribution < -0.4 is 5.73 Å². The molecule has 0 aromatic rings. The van der Waals surface area contributed by atoms with Crippen LogP contribution in [-0.4, -0.2) is 0 Å². The maximum atomic E-state index is 5.95. The van der Waals surface area contributed by atoms with Gasteiger partial charge in [-0.15, -0.1) is 0 Å². The topological polar surface area (TPSA) is 26.0 Å². The number of fused-ring (bicyclic) bond motifs is 3. The molecular weight excluding hydrogens is 194 g/mol. The molecule has 2 N–H and O–H groups in total. The van der Waals surface area contributed by atoms with Crippen molar-refractivity contribution in [1.82, 2.24) is 0 Å². The second-order valence-electron chi connectivity index (χ2n) is 5.57. The van der Waals surface area contributed by atoms with Crippen LogP contribution in [0.25, 0.3) is 0 Å². The normalized spacial score (nSPS) is 30.8. The monoisotopic (exact) mass is 213 g/mol. The average molecular weight is 213 g/mol. The third kappa shape index (κ3) is 1.17. The highest BCUT2D eigenvalue weighted by Crippen LogP contribution is 2.56. The van der Waals surface area contributed by atoms with Crippen LogP contribution >= 0.6 is 0 Å². The summed E-state index contributed by atoms with van der Waals surface area (Å²) in [6, 6.07) is 0. The predicted octanol–water partition coefficient (Wildman–Crippen LogP) is 3.46. The summed E-state index contributed by atoms with van der Waals surface area (Å²) >= 11 is 0. The molecule has 1 unspecified atom stereocenters. The van der Waals surface area contributed by atoms with Gasteiger partial charge in [0.15, 0.2) is 0 Å². The lowest BCUT2D eigenvalue weighted by atomic mass is 9.79. The van der Waals surface area contributed by atoms with E-state index in [2.05, 4.69) is 38.2 Å². The summed E-state index contributed by atoms with van der Waals surface area (Å²) in [5.74, 6) is 0.605. The summed E-state index contributed by atoms with van der Waals surface area (Å²) in [5, 5.41) is 0. The molecule has 0 radical (unpaired) electrons. The van der Waals surface area contributed by atoms with Crippen molar-refractivity contribution in [1.29, 1.82) is 0 Å². The quantitative estimate of drug-likeness (QED) is 0.655. The van der Waals surface area contributed by atoms with Crippen LogP contribution in [0.3, 0.4) is 0 Å². The summed E-state index contributed by atoms with van der Waals surface area (Å²) in [5.41, 5.74) is 11.7. The third-order valence-electron chi connectivity index (χ3n) is 4.25. The van der Waals surface area contributed by atoms with Gasteiger partial charge in [-0.2, -0.15) is 0 Å². The molecule has 1 atom stereocenters. The summed E-state index contributed by atoms with van der Waals surface area (Å²) in [4.78, 5) is 0. The van der Waals surface area contributed by atoms with Crippen molar-refractivity contribution in [3.8, 4) is 0 Å². The molecule has 1 heteroatoms. The van der Waals surface area contributed by atoms with E-state index >= 15 is 0 Å². The van der Waals surface area contributed by atoms with E-state index in [0.717, 1.165) is 12.1 Å². The van der Waals surface area contributed by atoms with Crippen molar-refractivity contribution < 1.29 is 0 Å². The molecule has 1 fully saturated rings. The Labute approximate surface area is 97.4 Å². The first kappa shape index (κ1) is 9.95. The van der Waals surface area contributed by atoms with Crippen molar-refractivity contribution in [3.63, 3.8) is 0 Å².